The first kappa shape index (κ1) is 15.1. The Morgan fingerprint density at radius 2 is 0.857 bits per heavy atom. The van der Waals surface area contributed by atoms with Gasteiger partial charge in [-0.05, 0) is 36.4 Å². The number of rotatable bonds is 0. The molecule has 0 unspecified atom stereocenters. The summed E-state index contributed by atoms with van der Waals surface area (Å²) in [4.78, 5) is 12.5. The van der Waals surface area contributed by atoms with Gasteiger partial charge in [-0.3, -0.25) is 0 Å². The highest BCUT2D eigenvalue weighted by Crippen LogP contribution is 2.51. The van der Waals surface area contributed by atoms with Crippen LogP contribution in [0.25, 0.3) is 43.6 Å². The molecule has 0 saturated carbocycles. The molecule has 1 aliphatic rings. The van der Waals surface area contributed by atoms with E-state index in [1.54, 1.807) is 0 Å². The van der Waals surface area contributed by atoms with Crippen molar-refractivity contribution in [3.05, 3.63) is 72.8 Å². The molecule has 7 rings (SSSR count). The molecule has 28 heavy (non-hydrogen) atoms. The topological polar surface area (TPSA) is 31.6 Å². The van der Waals surface area contributed by atoms with Crippen LogP contribution in [0.4, 0.5) is 0 Å². The summed E-state index contributed by atoms with van der Waals surface area (Å²) in [7, 11) is 0. The van der Waals surface area contributed by atoms with E-state index in [1.165, 1.54) is 63.2 Å². The molecule has 3 heterocycles. The molecule has 0 fully saturated rings. The maximum absolute atomic E-state index is 3.57. The molecule has 0 atom stereocenters. The van der Waals surface area contributed by atoms with E-state index >= 15 is 0 Å². The van der Waals surface area contributed by atoms with Crippen LogP contribution in [0.3, 0.4) is 0 Å². The predicted octanol–water partition coefficient (Wildman–Crippen LogP) is 7.57. The summed E-state index contributed by atoms with van der Waals surface area (Å²) in [6.07, 6.45) is 0. The first-order chi connectivity index (χ1) is 13.8. The fourth-order valence-electron chi connectivity index (χ4n) is 4.27. The number of nitrogens with one attached hydrogen (secondary N) is 2. The third-order valence-corrected chi connectivity index (χ3v) is 8.07. The van der Waals surface area contributed by atoms with Gasteiger partial charge in [0.1, 0.15) is 0 Å². The summed E-state index contributed by atoms with van der Waals surface area (Å²) in [6.45, 7) is 0. The standard InChI is InChI=1S/C24H14N2S2/c1-3-7-17-13(5-1)15-9-21-23(11-19(15)25-17)28-22-10-16-14-6-2-4-8-18(14)26-20(16)12-24(22)27-21/h1-12,25-26H. The van der Waals surface area contributed by atoms with Gasteiger partial charge in [-0.25, -0.2) is 0 Å². The van der Waals surface area contributed by atoms with E-state index < -0.39 is 0 Å². The molecular formula is C24H14N2S2. The lowest BCUT2D eigenvalue weighted by Crippen LogP contribution is -1.90. The van der Waals surface area contributed by atoms with Gasteiger partial charge in [0.05, 0.1) is 0 Å². The van der Waals surface area contributed by atoms with Gasteiger partial charge in [-0.15, -0.1) is 0 Å². The SMILES string of the molecule is c1ccc2c(c1)[nH]c1cc3c(cc12)Sc1cc2[nH]c4ccccc4c2cc1S3. The first-order valence-electron chi connectivity index (χ1n) is 9.28. The normalized spacial score (nSPS) is 13.4. The minimum absolute atomic E-state index is 1.20. The van der Waals surface area contributed by atoms with Crippen molar-refractivity contribution >= 4 is 67.1 Å². The number of H-pyrrole nitrogens is 2. The Labute approximate surface area is 169 Å². The second kappa shape index (κ2) is 5.37. The summed E-state index contributed by atoms with van der Waals surface area (Å²) < 4.78 is 0. The average Bonchev–Trinajstić information content (AvgIpc) is 3.26. The van der Waals surface area contributed by atoms with Crippen LogP contribution < -0.4 is 0 Å². The van der Waals surface area contributed by atoms with Gasteiger partial charge in [0, 0.05) is 63.2 Å². The van der Waals surface area contributed by atoms with Crippen LogP contribution in [-0.2, 0) is 0 Å². The minimum atomic E-state index is 1.20. The van der Waals surface area contributed by atoms with Gasteiger partial charge >= 0.3 is 0 Å². The second-order valence-electron chi connectivity index (χ2n) is 7.23. The summed E-state index contributed by atoms with van der Waals surface area (Å²) >= 11 is 3.76. The zero-order valence-electron chi connectivity index (χ0n) is 14.7. The van der Waals surface area contributed by atoms with Gasteiger partial charge in [0.2, 0.25) is 0 Å². The number of aromatic nitrogens is 2. The lowest BCUT2D eigenvalue weighted by Gasteiger charge is -2.18. The molecule has 4 heteroatoms. The van der Waals surface area contributed by atoms with Crippen molar-refractivity contribution in [3.63, 3.8) is 0 Å². The number of benzene rings is 4. The Balaban J connectivity index is 1.45. The molecule has 0 spiro atoms. The summed E-state index contributed by atoms with van der Waals surface area (Å²) in [5, 5.41) is 5.20. The average molecular weight is 395 g/mol. The van der Waals surface area contributed by atoms with Crippen LogP contribution in [0.1, 0.15) is 0 Å². The van der Waals surface area contributed by atoms with Crippen LogP contribution >= 0.6 is 23.5 Å². The molecule has 2 N–H and O–H groups in total. The quantitative estimate of drug-likeness (QED) is 0.278. The lowest BCUT2D eigenvalue weighted by molar-refractivity contribution is 1.18. The number of fused-ring (bicyclic) bond motifs is 8. The zero-order valence-corrected chi connectivity index (χ0v) is 16.4. The molecule has 0 amide bonds. The van der Waals surface area contributed by atoms with Crippen molar-refractivity contribution in [2.24, 2.45) is 0 Å². The van der Waals surface area contributed by atoms with Gasteiger partial charge in [0.25, 0.3) is 0 Å². The van der Waals surface area contributed by atoms with Gasteiger partial charge in [-0.1, -0.05) is 59.9 Å². The van der Waals surface area contributed by atoms with Gasteiger partial charge in [0.15, 0.2) is 0 Å². The number of hydrogen-bond acceptors (Lipinski definition) is 2. The zero-order chi connectivity index (χ0) is 18.2. The van der Waals surface area contributed by atoms with Crippen molar-refractivity contribution < 1.29 is 0 Å². The Hall–Kier alpha value is -2.82. The first-order valence-corrected chi connectivity index (χ1v) is 10.9. The van der Waals surface area contributed by atoms with Crippen molar-refractivity contribution in [3.8, 4) is 0 Å². The van der Waals surface area contributed by atoms with E-state index in [2.05, 4.69) is 82.8 Å². The van der Waals surface area contributed by atoms with Gasteiger partial charge in [-0.2, -0.15) is 0 Å². The molecule has 6 aromatic rings. The van der Waals surface area contributed by atoms with E-state index in [9.17, 15) is 0 Å². The molecule has 0 bridgehead atoms. The molecule has 2 nitrogen and oxygen atoms in total. The lowest BCUT2D eigenvalue weighted by atomic mass is 10.1. The van der Waals surface area contributed by atoms with Gasteiger partial charge < -0.3 is 9.97 Å². The van der Waals surface area contributed by atoms with Crippen LogP contribution in [0, 0.1) is 0 Å². The molecule has 0 aliphatic carbocycles. The van der Waals surface area contributed by atoms with E-state index in [1.807, 2.05) is 23.5 Å². The summed E-state index contributed by atoms with van der Waals surface area (Å²) in [5.74, 6) is 0. The van der Waals surface area contributed by atoms with Crippen LogP contribution in [0.15, 0.2) is 92.4 Å². The molecule has 132 valence electrons. The number of para-hydroxylation sites is 2. The highest BCUT2D eigenvalue weighted by molar-refractivity contribution is 8.05. The highest BCUT2D eigenvalue weighted by Gasteiger charge is 2.20. The Bertz CT molecular complexity index is 1450. The minimum Gasteiger partial charge on any atom is -0.354 e. The van der Waals surface area contributed by atoms with Crippen LogP contribution in [0.5, 0.6) is 0 Å². The molecular weight excluding hydrogens is 380 g/mol. The van der Waals surface area contributed by atoms with E-state index in [0.717, 1.165) is 0 Å². The number of hydrogen-bond donors (Lipinski definition) is 2. The molecule has 0 radical (unpaired) electrons. The van der Waals surface area contributed by atoms with Crippen LogP contribution in [-0.4, -0.2) is 9.97 Å². The summed E-state index contributed by atoms with van der Waals surface area (Å²) in [5.41, 5.74) is 4.83. The molecule has 1 aliphatic heterocycles. The molecule has 0 saturated heterocycles. The Morgan fingerprint density at radius 1 is 0.429 bits per heavy atom. The van der Waals surface area contributed by atoms with Crippen molar-refractivity contribution in [2.75, 3.05) is 0 Å². The molecule has 2 aromatic heterocycles. The van der Waals surface area contributed by atoms with Crippen molar-refractivity contribution in [1.82, 2.24) is 9.97 Å². The third-order valence-electron chi connectivity index (χ3n) is 5.58. The monoisotopic (exact) mass is 394 g/mol. The maximum Gasteiger partial charge on any atom is 0.0477 e. The molecule has 4 aromatic carbocycles. The van der Waals surface area contributed by atoms with Crippen molar-refractivity contribution in [1.29, 1.82) is 0 Å². The van der Waals surface area contributed by atoms with Crippen molar-refractivity contribution in [2.45, 2.75) is 19.6 Å². The summed E-state index contributed by atoms with van der Waals surface area (Å²) in [6, 6.07) is 26.4. The third kappa shape index (κ3) is 2.02. The maximum atomic E-state index is 3.57. The van der Waals surface area contributed by atoms with E-state index in [0.29, 0.717) is 0 Å². The second-order valence-corrected chi connectivity index (χ2v) is 9.40. The van der Waals surface area contributed by atoms with E-state index in [4.69, 9.17) is 0 Å². The Morgan fingerprint density at radius 3 is 1.36 bits per heavy atom. The Kier molecular flexibility index (Phi) is 2.91. The van der Waals surface area contributed by atoms with Crippen LogP contribution in [0.2, 0.25) is 0 Å². The fraction of sp³-hybridized carbons (Fsp3) is 0. The number of aromatic amines is 2. The highest BCUT2D eigenvalue weighted by atomic mass is 32.2. The smallest absolute Gasteiger partial charge is 0.0477 e. The fourth-order valence-corrected chi connectivity index (χ4v) is 6.59. The van der Waals surface area contributed by atoms with E-state index in [-0.39, 0.29) is 0 Å². The largest absolute Gasteiger partial charge is 0.354 e. The predicted molar refractivity (Wildman–Crippen MR) is 120 cm³/mol.